The summed E-state index contributed by atoms with van der Waals surface area (Å²) in [5.41, 5.74) is 7.46. The van der Waals surface area contributed by atoms with Crippen molar-refractivity contribution in [2.24, 2.45) is 10.7 Å². The van der Waals surface area contributed by atoms with E-state index in [2.05, 4.69) is 9.73 Å². The van der Waals surface area contributed by atoms with Gasteiger partial charge in [0, 0.05) is 18.7 Å². The van der Waals surface area contributed by atoms with Gasteiger partial charge in [0.1, 0.15) is 5.75 Å². The molecule has 0 amide bonds. The van der Waals surface area contributed by atoms with Gasteiger partial charge < -0.3 is 20.1 Å². The molecule has 1 aromatic rings. The summed E-state index contributed by atoms with van der Waals surface area (Å²) in [6.45, 7) is 1.82. The molecule has 0 unspecified atom stereocenters. The van der Waals surface area contributed by atoms with Crippen molar-refractivity contribution in [1.29, 1.82) is 0 Å². The van der Waals surface area contributed by atoms with Gasteiger partial charge in [0.05, 0.1) is 19.8 Å². The van der Waals surface area contributed by atoms with Crippen molar-refractivity contribution in [3.05, 3.63) is 29.3 Å². The minimum Gasteiger partial charge on any atom is -0.434 e. The van der Waals surface area contributed by atoms with Crippen LogP contribution in [0.25, 0.3) is 0 Å². The van der Waals surface area contributed by atoms with Crippen molar-refractivity contribution >= 4 is 5.96 Å². The molecule has 2 rings (SSSR count). The van der Waals surface area contributed by atoms with E-state index >= 15 is 0 Å². The molecule has 116 valence electrons. The first-order valence-corrected chi connectivity index (χ1v) is 6.73. The summed E-state index contributed by atoms with van der Waals surface area (Å²) in [5, 5.41) is 0. The van der Waals surface area contributed by atoms with Crippen LogP contribution in [0.3, 0.4) is 0 Å². The van der Waals surface area contributed by atoms with Crippen LogP contribution in [-0.2, 0) is 11.3 Å². The smallest absolute Gasteiger partial charge is 0.387 e. The highest BCUT2D eigenvalue weighted by molar-refractivity contribution is 5.78. The van der Waals surface area contributed by atoms with Crippen molar-refractivity contribution in [2.45, 2.75) is 20.1 Å². The maximum atomic E-state index is 12.4. The summed E-state index contributed by atoms with van der Waals surface area (Å²) in [7, 11) is 0. The lowest BCUT2D eigenvalue weighted by Gasteiger charge is -2.27. The Balaban J connectivity index is 2.08. The molecule has 21 heavy (non-hydrogen) atoms. The van der Waals surface area contributed by atoms with Crippen LogP contribution in [0.15, 0.2) is 23.2 Å². The Kier molecular flexibility index (Phi) is 5.32. The monoisotopic (exact) mass is 299 g/mol. The average Bonchev–Trinajstić information content (AvgIpc) is 2.47. The first-order valence-electron chi connectivity index (χ1n) is 6.73. The molecule has 1 aliphatic rings. The van der Waals surface area contributed by atoms with Gasteiger partial charge in [-0.2, -0.15) is 8.78 Å². The number of nitrogens with two attached hydrogens (primary N) is 1. The minimum absolute atomic E-state index is 0.133. The summed E-state index contributed by atoms with van der Waals surface area (Å²) in [6.07, 6.45) is 0. The Morgan fingerprint density at radius 1 is 1.43 bits per heavy atom. The second-order valence-corrected chi connectivity index (χ2v) is 4.76. The van der Waals surface area contributed by atoms with Crippen LogP contribution in [0.5, 0.6) is 5.75 Å². The van der Waals surface area contributed by atoms with Crippen LogP contribution in [-0.4, -0.2) is 43.8 Å². The molecule has 0 bridgehead atoms. The topological polar surface area (TPSA) is 60.1 Å². The van der Waals surface area contributed by atoms with Gasteiger partial charge in [-0.25, -0.2) is 4.99 Å². The minimum atomic E-state index is -2.85. The lowest BCUT2D eigenvalue weighted by molar-refractivity contribution is -0.0504. The van der Waals surface area contributed by atoms with Gasteiger partial charge in [-0.3, -0.25) is 0 Å². The van der Waals surface area contributed by atoms with Crippen molar-refractivity contribution in [2.75, 3.05) is 26.3 Å². The maximum Gasteiger partial charge on any atom is 0.387 e. The highest BCUT2D eigenvalue weighted by Crippen LogP contribution is 2.23. The number of ether oxygens (including phenoxy) is 2. The first kappa shape index (κ1) is 15.5. The summed E-state index contributed by atoms with van der Waals surface area (Å²) in [6, 6.07) is 5.02. The summed E-state index contributed by atoms with van der Waals surface area (Å²) in [5.74, 6) is 0.525. The fourth-order valence-corrected chi connectivity index (χ4v) is 2.10. The zero-order chi connectivity index (χ0) is 15.2. The highest BCUT2D eigenvalue weighted by atomic mass is 19.3. The van der Waals surface area contributed by atoms with Crippen LogP contribution in [0.2, 0.25) is 0 Å². The van der Waals surface area contributed by atoms with Gasteiger partial charge in [-0.1, -0.05) is 17.7 Å². The number of benzene rings is 1. The van der Waals surface area contributed by atoms with Crippen LogP contribution < -0.4 is 10.5 Å². The fourth-order valence-electron chi connectivity index (χ4n) is 2.10. The van der Waals surface area contributed by atoms with Crippen molar-refractivity contribution in [1.82, 2.24) is 4.90 Å². The van der Waals surface area contributed by atoms with Gasteiger partial charge in [-0.15, -0.1) is 0 Å². The number of guanidine groups is 1. The maximum absolute atomic E-state index is 12.4. The Bertz CT molecular complexity index is 503. The number of aliphatic imine (C=N–C) groups is 1. The molecule has 0 aromatic heterocycles. The van der Waals surface area contributed by atoms with E-state index in [0.717, 1.165) is 5.56 Å². The number of hydrogen-bond acceptors (Lipinski definition) is 3. The number of alkyl halides is 2. The molecule has 1 aromatic carbocycles. The largest absolute Gasteiger partial charge is 0.434 e. The van der Waals surface area contributed by atoms with Crippen molar-refractivity contribution in [3.63, 3.8) is 0 Å². The van der Waals surface area contributed by atoms with E-state index in [-0.39, 0.29) is 12.3 Å². The van der Waals surface area contributed by atoms with E-state index in [0.29, 0.717) is 37.8 Å². The number of morpholine rings is 1. The zero-order valence-corrected chi connectivity index (χ0v) is 11.9. The van der Waals surface area contributed by atoms with E-state index in [1.807, 2.05) is 11.8 Å². The molecule has 0 atom stereocenters. The van der Waals surface area contributed by atoms with Crippen molar-refractivity contribution in [3.8, 4) is 5.75 Å². The highest BCUT2D eigenvalue weighted by Gasteiger charge is 2.13. The molecule has 7 heteroatoms. The molecule has 0 saturated carbocycles. The molecule has 5 nitrogen and oxygen atoms in total. The van der Waals surface area contributed by atoms with Gasteiger partial charge in [0.25, 0.3) is 0 Å². The molecule has 1 saturated heterocycles. The second-order valence-electron chi connectivity index (χ2n) is 4.76. The Hall–Kier alpha value is -1.89. The molecule has 1 fully saturated rings. The Labute approximate surface area is 122 Å². The molecule has 1 heterocycles. The van der Waals surface area contributed by atoms with E-state index in [4.69, 9.17) is 10.5 Å². The third kappa shape index (κ3) is 4.56. The van der Waals surface area contributed by atoms with E-state index in [1.165, 1.54) is 6.07 Å². The number of aryl methyl sites for hydroxylation is 1. The van der Waals surface area contributed by atoms with Crippen LogP contribution in [0.4, 0.5) is 8.78 Å². The number of rotatable bonds is 4. The molecular formula is C14H19F2N3O2. The standard InChI is InChI=1S/C14H19F2N3O2/c1-10-2-3-12(21-13(15)16)11(8-10)9-18-14(17)19-4-6-20-7-5-19/h2-3,8,13H,4-7,9H2,1H3,(H2,17,18). The van der Waals surface area contributed by atoms with Crippen molar-refractivity contribution < 1.29 is 18.3 Å². The van der Waals surface area contributed by atoms with E-state index in [9.17, 15) is 8.78 Å². The molecule has 0 aliphatic carbocycles. The quantitative estimate of drug-likeness (QED) is 0.679. The Morgan fingerprint density at radius 3 is 2.81 bits per heavy atom. The van der Waals surface area contributed by atoms with E-state index < -0.39 is 6.61 Å². The SMILES string of the molecule is Cc1ccc(OC(F)F)c(CN=C(N)N2CCOCC2)c1. The first-order chi connectivity index (χ1) is 10.1. The molecule has 0 spiro atoms. The van der Waals surface area contributed by atoms with Crippen LogP contribution >= 0.6 is 0 Å². The van der Waals surface area contributed by atoms with Crippen LogP contribution in [0.1, 0.15) is 11.1 Å². The number of halogens is 2. The lowest BCUT2D eigenvalue weighted by Crippen LogP contribution is -2.44. The lowest BCUT2D eigenvalue weighted by atomic mass is 10.1. The van der Waals surface area contributed by atoms with Gasteiger partial charge in [0.2, 0.25) is 0 Å². The normalized spacial score (nSPS) is 16.4. The third-order valence-electron chi connectivity index (χ3n) is 3.18. The second kappa shape index (κ2) is 7.21. The van der Waals surface area contributed by atoms with Crippen LogP contribution in [0, 0.1) is 6.92 Å². The summed E-state index contributed by atoms with van der Waals surface area (Å²) >= 11 is 0. The molecule has 2 N–H and O–H groups in total. The van der Waals surface area contributed by atoms with Gasteiger partial charge >= 0.3 is 6.61 Å². The van der Waals surface area contributed by atoms with Gasteiger partial charge in [-0.05, 0) is 13.0 Å². The zero-order valence-electron chi connectivity index (χ0n) is 11.9. The van der Waals surface area contributed by atoms with Gasteiger partial charge in [0.15, 0.2) is 5.96 Å². The number of nitrogens with zero attached hydrogens (tertiary/aromatic N) is 2. The molecule has 0 radical (unpaired) electrons. The van der Waals surface area contributed by atoms with E-state index in [1.54, 1.807) is 12.1 Å². The average molecular weight is 299 g/mol. The Morgan fingerprint density at radius 2 is 2.14 bits per heavy atom. The number of hydrogen-bond donors (Lipinski definition) is 1. The summed E-state index contributed by atoms with van der Waals surface area (Å²) in [4.78, 5) is 6.18. The summed E-state index contributed by atoms with van der Waals surface area (Å²) < 4.78 is 34.5. The fraction of sp³-hybridized carbons (Fsp3) is 0.500. The predicted molar refractivity (Wildman–Crippen MR) is 75.5 cm³/mol. The predicted octanol–water partition coefficient (Wildman–Crippen LogP) is 1.74. The third-order valence-corrected chi connectivity index (χ3v) is 3.18. The molecular weight excluding hydrogens is 280 g/mol. The molecule has 1 aliphatic heterocycles.